The molecule has 4 aromatic rings. The molecule has 0 aliphatic heterocycles. The van der Waals surface area contributed by atoms with Gasteiger partial charge in [0.15, 0.2) is 0 Å². The standard InChI is InChI=1S/C20H14ClN3O2/c21-17-8-7-14(23-20(25)24-18-6-3-11-26-18)12-16(17)19-15-5-2-1-4-13(15)9-10-22-19/h1-12H,(H2,23,24,25). The lowest BCUT2D eigenvalue weighted by Crippen LogP contribution is -2.19. The van der Waals surface area contributed by atoms with Crippen molar-refractivity contribution in [1.29, 1.82) is 0 Å². The number of anilines is 2. The number of fused-ring (bicyclic) bond motifs is 1. The maximum atomic E-state index is 12.1. The number of furan rings is 1. The first-order chi connectivity index (χ1) is 12.7. The van der Waals surface area contributed by atoms with Crippen LogP contribution in [0, 0.1) is 0 Å². The van der Waals surface area contributed by atoms with Crippen molar-refractivity contribution in [3.05, 3.63) is 78.1 Å². The first-order valence-corrected chi connectivity index (χ1v) is 8.34. The monoisotopic (exact) mass is 363 g/mol. The summed E-state index contributed by atoms with van der Waals surface area (Å²) in [6, 6.07) is 18.1. The second-order valence-electron chi connectivity index (χ2n) is 5.63. The third-order valence-electron chi connectivity index (χ3n) is 3.91. The molecule has 0 unspecified atom stereocenters. The number of pyridine rings is 1. The van der Waals surface area contributed by atoms with Gasteiger partial charge < -0.3 is 9.73 Å². The van der Waals surface area contributed by atoms with Crippen molar-refractivity contribution in [3.63, 3.8) is 0 Å². The summed E-state index contributed by atoms with van der Waals surface area (Å²) >= 11 is 6.40. The lowest BCUT2D eigenvalue weighted by Gasteiger charge is -2.11. The Morgan fingerprint density at radius 1 is 1.00 bits per heavy atom. The number of urea groups is 1. The van der Waals surface area contributed by atoms with Gasteiger partial charge in [0.05, 0.1) is 17.0 Å². The minimum absolute atomic E-state index is 0.368. The first kappa shape index (κ1) is 16.2. The average Bonchev–Trinajstić information content (AvgIpc) is 3.16. The van der Waals surface area contributed by atoms with E-state index in [2.05, 4.69) is 15.6 Å². The minimum atomic E-state index is -0.404. The number of nitrogens with one attached hydrogen (secondary N) is 2. The highest BCUT2D eigenvalue weighted by Gasteiger charge is 2.11. The van der Waals surface area contributed by atoms with E-state index in [1.165, 1.54) is 6.26 Å². The SMILES string of the molecule is O=C(Nc1ccc(Cl)c(-c2nccc3ccccc23)c1)Nc1ccco1. The second-order valence-corrected chi connectivity index (χ2v) is 6.04. The predicted octanol–water partition coefficient (Wildman–Crippen LogP) is 5.79. The zero-order chi connectivity index (χ0) is 17.9. The van der Waals surface area contributed by atoms with Crippen LogP contribution in [-0.2, 0) is 0 Å². The smallest absolute Gasteiger partial charge is 0.326 e. The fourth-order valence-electron chi connectivity index (χ4n) is 2.74. The zero-order valence-electron chi connectivity index (χ0n) is 13.6. The molecule has 0 saturated carbocycles. The molecule has 2 amide bonds. The molecule has 0 bridgehead atoms. The Kier molecular flexibility index (Phi) is 4.29. The molecule has 0 aliphatic rings. The molecule has 128 valence electrons. The number of carbonyl (C=O) groups is 1. The molecular weight excluding hydrogens is 350 g/mol. The lowest BCUT2D eigenvalue weighted by atomic mass is 10.0. The molecule has 2 N–H and O–H groups in total. The first-order valence-electron chi connectivity index (χ1n) is 7.96. The molecule has 2 aromatic heterocycles. The van der Waals surface area contributed by atoms with Crippen LogP contribution in [-0.4, -0.2) is 11.0 Å². The van der Waals surface area contributed by atoms with E-state index in [1.807, 2.05) is 30.3 Å². The van der Waals surface area contributed by atoms with Crippen LogP contribution in [0.5, 0.6) is 0 Å². The van der Waals surface area contributed by atoms with Gasteiger partial charge in [0.25, 0.3) is 0 Å². The topological polar surface area (TPSA) is 67.2 Å². The Morgan fingerprint density at radius 2 is 1.88 bits per heavy atom. The van der Waals surface area contributed by atoms with Crippen LogP contribution in [0.25, 0.3) is 22.0 Å². The summed E-state index contributed by atoms with van der Waals surface area (Å²) in [4.78, 5) is 16.6. The van der Waals surface area contributed by atoms with Crippen LogP contribution in [0.15, 0.2) is 77.5 Å². The van der Waals surface area contributed by atoms with E-state index >= 15 is 0 Å². The molecule has 2 heterocycles. The molecule has 0 fully saturated rings. The van der Waals surface area contributed by atoms with Crippen molar-refractivity contribution in [2.45, 2.75) is 0 Å². The summed E-state index contributed by atoms with van der Waals surface area (Å²) in [5.41, 5.74) is 2.12. The van der Waals surface area contributed by atoms with Crippen LogP contribution in [0.4, 0.5) is 16.4 Å². The predicted molar refractivity (Wildman–Crippen MR) is 104 cm³/mol. The maximum Gasteiger partial charge on any atom is 0.326 e. The summed E-state index contributed by atoms with van der Waals surface area (Å²) in [6.45, 7) is 0. The fourth-order valence-corrected chi connectivity index (χ4v) is 2.95. The van der Waals surface area contributed by atoms with Gasteiger partial charge in [-0.3, -0.25) is 10.3 Å². The average molecular weight is 364 g/mol. The fraction of sp³-hybridized carbons (Fsp3) is 0. The quantitative estimate of drug-likeness (QED) is 0.484. The minimum Gasteiger partial charge on any atom is -0.449 e. The number of benzene rings is 2. The Balaban J connectivity index is 1.67. The molecule has 2 aromatic carbocycles. The van der Waals surface area contributed by atoms with E-state index in [0.29, 0.717) is 16.6 Å². The van der Waals surface area contributed by atoms with Gasteiger partial charge in [0, 0.05) is 28.9 Å². The number of hydrogen-bond donors (Lipinski definition) is 2. The van der Waals surface area contributed by atoms with Gasteiger partial charge in [-0.15, -0.1) is 0 Å². The van der Waals surface area contributed by atoms with Crippen LogP contribution >= 0.6 is 11.6 Å². The number of rotatable bonds is 3. The summed E-state index contributed by atoms with van der Waals surface area (Å²) < 4.78 is 5.10. The Morgan fingerprint density at radius 3 is 2.73 bits per heavy atom. The van der Waals surface area contributed by atoms with Gasteiger partial charge >= 0.3 is 6.03 Å². The van der Waals surface area contributed by atoms with E-state index in [0.717, 1.165) is 22.0 Å². The molecule has 4 rings (SSSR count). The van der Waals surface area contributed by atoms with Crippen molar-refractivity contribution in [1.82, 2.24) is 4.98 Å². The van der Waals surface area contributed by atoms with Gasteiger partial charge in [0.1, 0.15) is 0 Å². The van der Waals surface area contributed by atoms with E-state index in [4.69, 9.17) is 16.0 Å². The summed E-state index contributed by atoms with van der Waals surface area (Å²) in [6.07, 6.45) is 3.24. The highest BCUT2D eigenvalue weighted by atomic mass is 35.5. The molecule has 0 aliphatic carbocycles. The second kappa shape index (κ2) is 6.90. The number of amides is 2. The molecule has 0 atom stereocenters. The summed E-state index contributed by atoms with van der Waals surface area (Å²) in [7, 11) is 0. The Bertz CT molecular complexity index is 1070. The van der Waals surface area contributed by atoms with Gasteiger partial charge in [-0.1, -0.05) is 35.9 Å². The van der Waals surface area contributed by atoms with Crippen LogP contribution in [0.1, 0.15) is 0 Å². The molecule has 5 nitrogen and oxygen atoms in total. The van der Waals surface area contributed by atoms with E-state index in [9.17, 15) is 4.79 Å². The number of carbonyl (C=O) groups excluding carboxylic acids is 1. The van der Waals surface area contributed by atoms with E-state index in [-0.39, 0.29) is 0 Å². The number of aromatic nitrogens is 1. The van der Waals surface area contributed by atoms with E-state index in [1.54, 1.807) is 36.5 Å². The normalized spacial score (nSPS) is 10.7. The third kappa shape index (κ3) is 3.25. The Labute approximate surface area is 154 Å². The van der Waals surface area contributed by atoms with Crippen LogP contribution in [0.2, 0.25) is 5.02 Å². The highest BCUT2D eigenvalue weighted by Crippen LogP contribution is 2.33. The highest BCUT2D eigenvalue weighted by molar-refractivity contribution is 6.33. The zero-order valence-corrected chi connectivity index (χ0v) is 14.3. The number of halogens is 1. The molecule has 26 heavy (non-hydrogen) atoms. The number of hydrogen-bond acceptors (Lipinski definition) is 3. The molecule has 0 radical (unpaired) electrons. The van der Waals surface area contributed by atoms with E-state index < -0.39 is 6.03 Å². The van der Waals surface area contributed by atoms with Crippen molar-refractivity contribution in [2.75, 3.05) is 10.6 Å². The van der Waals surface area contributed by atoms with Gasteiger partial charge in [-0.2, -0.15) is 0 Å². The van der Waals surface area contributed by atoms with Crippen LogP contribution < -0.4 is 10.6 Å². The third-order valence-corrected chi connectivity index (χ3v) is 4.24. The molecule has 0 saturated heterocycles. The molecule has 6 heteroatoms. The van der Waals surface area contributed by atoms with Gasteiger partial charge in [-0.25, -0.2) is 4.79 Å². The largest absolute Gasteiger partial charge is 0.449 e. The van der Waals surface area contributed by atoms with Crippen molar-refractivity contribution in [2.24, 2.45) is 0 Å². The van der Waals surface area contributed by atoms with Crippen LogP contribution in [0.3, 0.4) is 0 Å². The Hall–Kier alpha value is -3.31. The molecule has 0 spiro atoms. The molecular formula is C20H14ClN3O2. The summed E-state index contributed by atoms with van der Waals surface area (Å²) in [5, 5.41) is 8.00. The summed E-state index contributed by atoms with van der Waals surface area (Å²) in [5.74, 6) is 0.368. The van der Waals surface area contributed by atoms with Gasteiger partial charge in [0.2, 0.25) is 5.88 Å². The maximum absolute atomic E-state index is 12.1. The van der Waals surface area contributed by atoms with Crippen molar-refractivity contribution < 1.29 is 9.21 Å². The lowest BCUT2D eigenvalue weighted by molar-refractivity contribution is 0.261. The van der Waals surface area contributed by atoms with Gasteiger partial charge in [-0.05, 0) is 35.7 Å². The number of nitrogens with zero attached hydrogens (tertiary/aromatic N) is 1. The van der Waals surface area contributed by atoms with Crippen molar-refractivity contribution >= 4 is 40.0 Å². The van der Waals surface area contributed by atoms with Crippen molar-refractivity contribution in [3.8, 4) is 11.3 Å².